The maximum absolute atomic E-state index is 11.9. The molecule has 0 aliphatic rings. The molecular formula is C13H10ClNO3S. The topological polar surface area (TPSA) is 55.4 Å². The molecule has 4 nitrogen and oxygen atoms in total. The van der Waals surface area contributed by atoms with Gasteiger partial charge in [0.15, 0.2) is 0 Å². The van der Waals surface area contributed by atoms with Gasteiger partial charge in [0.1, 0.15) is 0 Å². The number of hydrogen-bond acceptors (Lipinski definition) is 4. The van der Waals surface area contributed by atoms with Gasteiger partial charge < -0.3 is 10.1 Å². The zero-order chi connectivity index (χ0) is 13.8. The van der Waals surface area contributed by atoms with Crippen molar-refractivity contribution in [3.8, 4) is 0 Å². The number of esters is 1. The van der Waals surface area contributed by atoms with E-state index in [1.807, 2.05) is 0 Å². The number of thiophene rings is 1. The average Bonchev–Trinajstić information content (AvgIpc) is 2.85. The van der Waals surface area contributed by atoms with Gasteiger partial charge in [-0.3, -0.25) is 4.79 Å². The van der Waals surface area contributed by atoms with Crippen LogP contribution in [0.1, 0.15) is 20.0 Å². The minimum Gasteiger partial charge on any atom is -0.465 e. The van der Waals surface area contributed by atoms with Crippen LogP contribution in [-0.2, 0) is 4.74 Å². The first-order valence-electron chi connectivity index (χ1n) is 5.34. The first kappa shape index (κ1) is 13.6. The van der Waals surface area contributed by atoms with E-state index in [1.54, 1.807) is 35.7 Å². The highest BCUT2D eigenvalue weighted by molar-refractivity contribution is 7.12. The third-order valence-corrected chi connectivity index (χ3v) is 3.63. The van der Waals surface area contributed by atoms with Gasteiger partial charge in [0.05, 0.1) is 22.6 Å². The van der Waals surface area contributed by atoms with Gasteiger partial charge >= 0.3 is 5.97 Å². The highest BCUT2D eigenvalue weighted by Gasteiger charge is 2.10. The Labute approximate surface area is 119 Å². The van der Waals surface area contributed by atoms with E-state index in [-0.39, 0.29) is 5.91 Å². The maximum atomic E-state index is 11.9. The first-order chi connectivity index (χ1) is 9.10. The molecule has 0 spiro atoms. The Morgan fingerprint density at radius 3 is 2.47 bits per heavy atom. The molecule has 0 atom stereocenters. The number of rotatable bonds is 3. The number of hydrogen-bond donors (Lipinski definition) is 1. The molecule has 1 aromatic carbocycles. The van der Waals surface area contributed by atoms with Crippen LogP contribution in [0.5, 0.6) is 0 Å². The number of carbonyl (C=O) groups is 2. The fourth-order valence-electron chi connectivity index (χ4n) is 1.43. The molecular weight excluding hydrogens is 286 g/mol. The van der Waals surface area contributed by atoms with Crippen molar-refractivity contribution >= 4 is 40.5 Å². The van der Waals surface area contributed by atoms with Gasteiger partial charge in [-0.1, -0.05) is 11.6 Å². The van der Waals surface area contributed by atoms with E-state index in [1.165, 1.54) is 18.4 Å². The van der Waals surface area contributed by atoms with Crippen LogP contribution in [0.3, 0.4) is 0 Å². The second-order valence-corrected chi connectivity index (χ2v) is 5.00. The molecule has 0 aliphatic heterocycles. The molecule has 2 rings (SSSR count). The predicted octanol–water partition coefficient (Wildman–Crippen LogP) is 3.44. The number of nitrogens with one attached hydrogen (secondary N) is 1. The zero-order valence-electron chi connectivity index (χ0n) is 9.98. The lowest BCUT2D eigenvalue weighted by atomic mass is 10.2. The Hall–Kier alpha value is -1.85. The smallest absolute Gasteiger partial charge is 0.337 e. The van der Waals surface area contributed by atoms with Gasteiger partial charge in [0.2, 0.25) is 0 Å². The van der Waals surface area contributed by atoms with Crippen molar-refractivity contribution in [1.29, 1.82) is 0 Å². The Balaban J connectivity index is 2.07. The molecule has 1 amide bonds. The Morgan fingerprint density at radius 1 is 1.26 bits per heavy atom. The van der Waals surface area contributed by atoms with Gasteiger partial charge in [-0.15, -0.1) is 11.3 Å². The summed E-state index contributed by atoms with van der Waals surface area (Å²) >= 11 is 7.03. The molecule has 0 unspecified atom stereocenters. The summed E-state index contributed by atoms with van der Waals surface area (Å²) in [6.07, 6.45) is 0. The minimum atomic E-state index is -0.414. The van der Waals surface area contributed by atoms with Crippen LogP contribution >= 0.6 is 22.9 Å². The first-order valence-corrected chi connectivity index (χ1v) is 6.59. The number of anilines is 1. The van der Waals surface area contributed by atoms with Crippen molar-refractivity contribution < 1.29 is 14.3 Å². The molecule has 0 radical (unpaired) electrons. The van der Waals surface area contributed by atoms with E-state index in [4.69, 9.17) is 11.6 Å². The molecule has 98 valence electrons. The number of methoxy groups -OCH3 is 1. The zero-order valence-corrected chi connectivity index (χ0v) is 11.5. The van der Waals surface area contributed by atoms with E-state index >= 15 is 0 Å². The average molecular weight is 296 g/mol. The highest BCUT2D eigenvalue weighted by atomic mass is 35.5. The van der Waals surface area contributed by atoms with E-state index in [2.05, 4.69) is 10.1 Å². The van der Waals surface area contributed by atoms with Crippen LogP contribution in [0.25, 0.3) is 0 Å². The van der Waals surface area contributed by atoms with Crippen molar-refractivity contribution in [3.63, 3.8) is 0 Å². The van der Waals surface area contributed by atoms with Crippen molar-refractivity contribution in [2.24, 2.45) is 0 Å². The lowest BCUT2D eigenvalue weighted by molar-refractivity contribution is 0.0600. The van der Waals surface area contributed by atoms with Crippen LogP contribution < -0.4 is 5.32 Å². The third kappa shape index (κ3) is 3.33. The minimum absolute atomic E-state index is 0.234. The summed E-state index contributed by atoms with van der Waals surface area (Å²) in [6.45, 7) is 0. The van der Waals surface area contributed by atoms with Crippen molar-refractivity contribution in [2.75, 3.05) is 12.4 Å². The molecule has 2 aromatic rings. The molecule has 0 saturated carbocycles. The number of carbonyl (C=O) groups excluding carboxylic acids is 2. The molecule has 6 heteroatoms. The summed E-state index contributed by atoms with van der Waals surface area (Å²) in [5.41, 5.74) is 1.03. The normalized spacial score (nSPS) is 10.0. The molecule has 0 saturated heterocycles. The van der Waals surface area contributed by atoms with Crippen LogP contribution in [0.15, 0.2) is 35.7 Å². The number of amides is 1. The summed E-state index contributed by atoms with van der Waals surface area (Å²) in [6, 6.07) is 8.05. The summed E-state index contributed by atoms with van der Waals surface area (Å²) < 4.78 is 4.59. The second kappa shape index (κ2) is 5.86. The van der Waals surface area contributed by atoms with Crippen molar-refractivity contribution in [3.05, 3.63) is 51.2 Å². The molecule has 0 aliphatic carbocycles. The Kier molecular flexibility index (Phi) is 4.19. The molecule has 1 heterocycles. The van der Waals surface area contributed by atoms with Gasteiger partial charge in [-0.25, -0.2) is 4.79 Å². The summed E-state index contributed by atoms with van der Waals surface area (Å²) in [4.78, 5) is 23.6. The molecule has 19 heavy (non-hydrogen) atoms. The second-order valence-electron chi connectivity index (χ2n) is 3.65. The van der Waals surface area contributed by atoms with E-state index in [0.717, 1.165) is 0 Å². The largest absolute Gasteiger partial charge is 0.465 e. The van der Waals surface area contributed by atoms with Crippen LogP contribution in [-0.4, -0.2) is 19.0 Å². The molecule has 1 N–H and O–H groups in total. The molecule has 0 fully saturated rings. The van der Waals surface area contributed by atoms with Crippen LogP contribution in [0, 0.1) is 0 Å². The van der Waals surface area contributed by atoms with E-state index < -0.39 is 5.97 Å². The van der Waals surface area contributed by atoms with Crippen molar-refractivity contribution in [1.82, 2.24) is 0 Å². The fourth-order valence-corrected chi connectivity index (χ4v) is 2.40. The monoisotopic (exact) mass is 295 g/mol. The summed E-state index contributed by atoms with van der Waals surface area (Å²) in [5.74, 6) is -0.648. The maximum Gasteiger partial charge on any atom is 0.337 e. The van der Waals surface area contributed by atoms with Crippen LogP contribution in [0.2, 0.25) is 5.02 Å². The SMILES string of the molecule is COC(=O)c1ccc(NC(=O)c2cc(Cl)cs2)cc1. The Bertz CT molecular complexity index is 607. The van der Waals surface area contributed by atoms with Crippen molar-refractivity contribution in [2.45, 2.75) is 0 Å². The lowest BCUT2D eigenvalue weighted by Gasteiger charge is -2.04. The third-order valence-electron chi connectivity index (χ3n) is 2.36. The number of ether oxygens (including phenoxy) is 1. The van der Waals surface area contributed by atoms with Gasteiger partial charge in [0.25, 0.3) is 5.91 Å². The van der Waals surface area contributed by atoms with E-state index in [9.17, 15) is 9.59 Å². The highest BCUT2D eigenvalue weighted by Crippen LogP contribution is 2.20. The summed E-state index contributed by atoms with van der Waals surface area (Å²) in [7, 11) is 1.32. The van der Waals surface area contributed by atoms with E-state index in [0.29, 0.717) is 21.2 Å². The lowest BCUT2D eigenvalue weighted by Crippen LogP contribution is -2.10. The number of halogens is 1. The Morgan fingerprint density at radius 2 is 1.95 bits per heavy atom. The number of benzene rings is 1. The molecule has 1 aromatic heterocycles. The molecule has 0 bridgehead atoms. The van der Waals surface area contributed by atoms with Crippen LogP contribution in [0.4, 0.5) is 5.69 Å². The predicted molar refractivity (Wildman–Crippen MR) is 75.1 cm³/mol. The van der Waals surface area contributed by atoms with Gasteiger partial charge in [-0.2, -0.15) is 0 Å². The van der Waals surface area contributed by atoms with Gasteiger partial charge in [0, 0.05) is 11.1 Å². The fraction of sp³-hybridized carbons (Fsp3) is 0.0769. The standard InChI is InChI=1S/C13H10ClNO3S/c1-18-13(17)8-2-4-10(5-3-8)15-12(16)11-6-9(14)7-19-11/h2-7H,1H3,(H,15,16). The summed E-state index contributed by atoms with van der Waals surface area (Å²) in [5, 5.41) is 4.95. The van der Waals surface area contributed by atoms with Gasteiger partial charge in [-0.05, 0) is 30.3 Å². The quantitative estimate of drug-likeness (QED) is 0.883.